The van der Waals surface area contributed by atoms with E-state index < -0.39 is 23.1 Å². The average Bonchev–Trinajstić information content (AvgIpc) is 3.05. The Morgan fingerprint density at radius 2 is 1.94 bits per heavy atom. The zero-order valence-electron chi connectivity index (χ0n) is 18.9. The van der Waals surface area contributed by atoms with Crippen LogP contribution in [0.15, 0.2) is 64.4 Å². The molecule has 0 unspecified atom stereocenters. The molecule has 3 aliphatic heterocycles. The monoisotopic (exact) mass is 493 g/mol. The van der Waals surface area contributed by atoms with Gasteiger partial charge in [0, 0.05) is 35.1 Å². The highest BCUT2D eigenvalue weighted by Crippen LogP contribution is 2.44. The zero-order chi connectivity index (χ0) is 24.1. The van der Waals surface area contributed by atoms with Crippen LogP contribution in [0, 0.1) is 5.82 Å². The molecule has 1 saturated heterocycles. The third-order valence-corrected chi connectivity index (χ3v) is 8.12. The zero-order valence-corrected chi connectivity index (χ0v) is 19.7. The van der Waals surface area contributed by atoms with Crippen LogP contribution in [0.3, 0.4) is 0 Å². The number of carbonyl (C=O) groups is 1. The lowest BCUT2D eigenvalue weighted by atomic mass is 9.93. The fourth-order valence-corrected chi connectivity index (χ4v) is 6.37. The molecule has 2 atom stereocenters. The molecular formula is C26H24FN3O4S. The molecule has 0 saturated carbocycles. The van der Waals surface area contributed by atoms with E-state index in [4.69, 9.17) is 4.74 Å². The molecule has 1 fully saturated rings. The Morgan fingerprint density at radius 1 is 1.09 bits per heavy atom. The van der Waals surface area contributed by atoms with Crippen LogP contribution >= 0.6 is 11.8 Å². The molecule has 0 aliphatic carbocycles. The highest BCUT2D eigenvalue weighted by Gasteiger charge is 2.41. The summed E-state index contributed by atoms with van der Waals surface area (Å²) < 4.78 is 22.7. The third kappa shape index (κ3) is 3.61. The minimum atomic E-state index is -0.630. The van der Waals surface area contributed by atoms with Crippen molar-refractivity contribution in [1.82, 2.24) is 9.58 Å². The highest BCUT2D eigenvalue weighted by atomic mass is 32.2. The Hall–Kier alpha value is -3.30. The van der Waals surface area contributed by atoms with Crippen molar-refractivity contribution in [2.75, 3.05) is 24.9 Å². The summed E-state index contributed by atoms with van der Waals surface area (Å²) in [7, 11) is 0. The number of hydrogen-bond acceptors (Lipinski definition) is 6. The van der Waals surface area contributed by atoms with Gasteiger partial charge in [0.1, 0.15) is 18.5 Å². The van der Waals surface area contributed by atoms with Crippen molar-refractivity contribution in [2.45, 2.75) is 35.6 Å². The first-order chi connectivity index (χ1) is 17.0. The number of benzene rings is 2. The topological polar surface area (TPSA) is 75.0 Å². The molecular weight excluding hydrogens is 469 g/mol. The molecule has 2 aromatic carbocycles. The van der Waals surface area contributed by atoms with Crippen LogP contribution in [0.1, 0.15) is 46.1 Å². The van der Waals surface area contributed by atoms with E-state index in [0.717, 1.165) is 28.9 Å². The number of aromatic nitrogens is 1. The maximum absolute atomic E-state index is 15.6. The van der Waals surface area contributed by atoms with Gasteiger partial charge in [-0.05, 0) is 36.1 Å². The van der Waals surface area contributed by atoms with Crippen molar-refractivity contribution in [2.24, 2.45) is 0 Å². The van der Waals surface area contributed by atoms with Crippen molar-refractivity contribution in [3.05, 3.63) is 93.2 Å². The first-order valence-electron chi connectivity index (χ1n) is 11.6. The Morgan fingerprint density at radius 3 is 2.77 bits per heavy atom. The van der Waals surface area contributed by atoms with Gasteiger partial charge in [-0.2, -0.15) is 0 Å². The molecule has 6 rings (SSSR count). The number of halogens is 1. The maximum atomic E-state index is 15.6. The predicted molar refractivity (Wildman–Crippen MR) is 130 cm³/mol. The quantitative estimate of drug-likeness (QED) is 0.588. The van der Waals surface area contributed by atoms with Gasteiger partial charge in [-0.25, -0.2) is 4.39 Å². The largest absolute Gasteiger partial charge is 0.502 e. The van der Waals surface area contributed by atoms with Gasteiger partial charge in [-0.3, -0.25) is 19.3 Å². The number of thioether (sulfide) groups is 1. The van der Waals surface area contributed by atoms with Gasteiger partial charge < -0.3 is 14.7 Å². The molecule has 4 heterocycles. The standard InChI is InChI=1S/C26H24FN3O4S/c27-19-8-3-5-16-14-35-21-9-2-1-7-18(21)23(22(16)19)30-15-28(17-6-4-12-34-13-17)26(33)24-25(32)20(31)10-11-29(24)30/h1-3,5,7-11,17,23,32H,4,6,12-15H2/t17-,23-/m1/s1. The summed E-state index contributed by atoms with van der Waals surface area (Å²) >= 11 is 1.64. The maximum Gasteiger partial charge on any atom is 0.278 e. The van der Waals surface area contributed by atoms with Crippen LogP contribution < -0.4 is 10.4 Å². The lowest BCUT2D eigenvalue weighted by molar-refractivity contribution is 0.00981. The Labute approximate surface area is 205 Å². The number of fused-ring (bicyclic) bond motifs is 3. The molecule has 7 nitrogen and oxygen atoms in total. The number of amides is 1. The minimum absolute atomic E-state index is 0.110. The van der Waals surface area contributed by atoms with Crippen molar-refractivity contribution < 1.29 is 19.0 Å². The average molecular weight is 494 g/mol. The van der Waals surface area contributed by atoms with Gasteiger partial charge >= 0.3 is 0 Å². The van der Waals surface area contributed by atoms with E-state index in [2.05, 4.69) is 0 Å². The first-order valence-corrected chi connectivity index (χ1v) is 12.6. The van der Waals surface area contributed by atoms with Crippen molar-refractivity contribution in [3.8, 4) is 5.75 Å². The molecule has 1 aromatic heterocycles. The van der Waals surface area contributed by atoms with Gasteiger partial charge in [0.25, 0.3) is 5.91 Å². The molecule has 1 N–H and O–H groups in total. The molecule has 0 spiro atoms. The van der Waals surface area contributed by atoms with Gasteiger partial charge in [0.15, 0.2) is 11.4 Å². The number of hydrogen-bond donors (Lipinski definition) is 1. The van der Waals surface area contributed by atoms with Crippen molar-refractivity contribution >= 4 is 17.7 Å². The van der Waals surface area contributed by atoms with Crippen LogP contribution in [0.25, 0.3) is 0 Å². The fourth-order valence-electron chi connectivity index (χ4n) is 5.28. The number of ether oxygens (including phenoxy) is 1. The Balaban J connectivity index is 1.59. The number of nitrogens with zero attached hydrogens (tertiary/aromatic N) is 3. The summed E-state index contributed by atoms with van der Waals surface area (Å²) in [6.07, 6.45) is 3.05. The summed E-state index contributed by atoms with van der Waals surface area (Å²) in [5.41, 5.74) is 1.56. The third-order valence-electron chi connectivity index (χ3n) is 6.98. The molecule has 0 radical (unpaired) electrons. The van der Waals surface area contributed by atoms with Gasteiger partial charge in [-0.15, -0.1) is 11.8 Å². The molecule has 0 bridgehead atoms. The second-order valence-corrected chi connectivity index (χ2v) is 10.0. The second kappa shape index (κ2) is 8.73. The molecule has 3 aliphatic rings. The van der Waals surface area contributed by atoms with Crippen LogP contribution in [0.2, 0.25) is 0 Å². The number of pyridine rings is 1. The lowest BCUT2D eigenvalue weighted by Gasteiger charge is -2.47. The van der Waals surface area contributed by atoms with Crippen LogP contribution in [0.5, 0.6) is 5.75 Å². The number of carbonyl (C=O) groups excluding carboxylic acids is 1. The minimum Gasteiger partial charge on any atom is -0.502 e. The predicted octanol–water partition coefficient (Wildman–Crippen LogP) is 3.62. The lowest BCUT2D eigenvalue weighted by Crippen LogP contribution is -2.59. The van der Waals surface area contributed by atoms with Gasteiger partial charge in [0.05, 0.1) is 12.6 Å². The van der Waals surface area contributed by atoms with E-state index >= 15 is 4.39 Å². The van der Waals surface area contributed by atoms with Gasteiger partial charge in [-0.1, -0.05) is 30.3 Å². The summed E-state index contributed by atoms with van der Waals surface area (Å²) in [5, 5.41) is 12.6. The fraction of sp³-hybridized carbons (Fsp3) is 0.308. The summed E-state index contributed by atoms with van der Waals surface area (Å²) in [6, 6.07) is 13.4. The summed E-state index contributed by atoms with van der Waals surface area (Å²) in [6.45, 7) is 1.16. The molecule has 35 heavy (non-hydrogen) atoms. The van der Waals surface area contributed by atoms with E-state index in [1.165, 1.54) is 23.0 Å². The number of aromatic hydroxyl groups is 1. The van der Waals surface area contributed by atoms with Crippen molar-refractivity contribution in [3.63, 3.8) is 0 Å². The molecule has 1 amide bonds. The molecule has 3 aromatic rings. The second-order valence-electron chi connectivity index (χ2n) is 8.99. The van der Waals surface area contributed by atoms with E-state index in [1.807, 2.05) is 35.3 Å². The van der Waals surface area contributed by atoms with Crippen LogP contribution in [-0.2, 0) is 10.5 Å². The molecule has 180 valence electrons. The Bertz CT molecular complexity index is 1370. The number of rotatable bonds is 2. The van der Waals surface area contributed by atoms with Crippen LogP contribution in [0.4, 0.5) is 4.39 Å². The van der Waals surface area contributed by atoms with E-state index in [9.17, 15) is 14.7 Å². The smallest absolute Gasteiger partial charge is 0.278 e. The first kappa shape index (κ1) is 22.2. The van der Waals surface area contributed by atoms with E-state index in [0.29, 0.717) is 24.5 Å². The van der Waals surface area contributed by atoms with Gasteiger partial charge in [0.2, 0.25) is 5.43 Å². The van der Waals surface area contributed by atoms with E-state index in [1.54, 1.807) is 22.7 Å². The molecule has 9 heteroatoms. The SMILES string of the molecule is O=C1c2c(O)c(=O)ccn2N([C@@H]2c3ccccc3SCc3cccc(F)c32)CN1[C@@H]1CCCOC1. The van der Waals surface area contributed by atoms with Crippen molar-refractivity contribution in [1.29, 1.82) is 0 Å². The summed E-state index contributed by atoms with van der Waals surface area (Å²) in [5.74, 6) is -0.762. The normalized spacial score (nSPS) is 21.7. The Kier molecular flexibility index (Phi) is 5.53. The highest BCUT2D eigenvalue weighted by molar-refractivity contribution is 7.98. The van der Waals surface area contributed by atoms with E-state index in [-0.39, 0.29) is 24.2 Å². The summed E-state index contributed by atoms with van der Waals surface area (Å²) in [4.78, 5) is 28.6. The van der Waals surface area contributed by atoms with Crippen LogP contribution in [-0.4, -0.2) is 46.5 Å².